The van der Waals surface area contributed by atoms with Crippen molar-refractivity contribution in [3.05, 3.63) is 35.4 Å². The van der Waals surface area contributed by atoms with E-state index in [2.05, 4.69) is 24.5 Å². The Morgan fingerprint density at radius 3 is 2.45 bits per heavy atom. The third kappa shape index (κ3) is 7.46. The minimum absolute atomic E-state index is 0.109. The minimum atomic E-state index is -0.109. The monoisotopic (exact) mass is 306 g/mol. The highest BCUT2D eigenvalue weighted by atomic mass is 16.5. The van der Waals surface area contributed by atoms with Crippen LogP contribution < -0.4 is 10.6 Å². The summed E-state index contributed by atoms with van der Waals surface area (Å²) in [6, 6.07) is 8.12. The third-order valence-electron chi connectivity index (χ3n) is 3.57. The molecule has 0 aliphatic carbocycles. The van der Waals surface area contributed by atoms with Crippen LogP contribution in [-0.4, -0.2) is 18.7 Å². The molecule has 2 amide bonds. The highest BCUT2D eigenvalue weighted by molar-refractivity contribution is 5.74. The summed E-state index contributed by atoms with van der Waals surface area (Å²) in [5.41, 5.74) is 2.22. The highest BCUT2D eigenvalue weighted by Gasteiger charge is 2.09. The van der Waals surface area contributed by atoms with Crippen molar-refractivity contribution in [2.24, 2.45) is 5.92 Å². The predicted octanol–water partition coefficient (Wildman–Crippen LogP) is 3.85. The van der Waals surface area contributed by atoms with Gasteiger partial charge in [0.1, 0.15) is 0 Å². The number of ether oxygens (including phenoxy) is 1. The van der Waals surface area contributed by atoms with Gasteiger partial charge in [-0.05, 0) is 43.7 Å². The molecule has 0 heterocycles. The van der Waals surface area contributed by atoms with Gasteiger partial charge in [0.2, 0.25) is 0 Å². The van der Waals surface area contributed by atoms with Gasteiger partial charge in [-0.1, -0.05) is 38.1 Å². The molecule has 0 radical (unpaired) electrons. The van der Waals surface area contributed by atoms with Crippen molar-refractivity contribution < 1.29 is 9.53 Å². The van der Waals surface area contributed by atoms with E-state index in [4.69, 9.17) is 4.74 Å². The summed E-state index contributed by atoms with van der Waals surface area (Å²) in [6.07, 6.45) is 2.13. The molecule has 4 heteroatoms. The van der Waals surface area contributed by atoms with E-state index in [9.17, 15) is 4.79 Å². The lowest BCUT2D eigenvalue weighted by Crippen LogP contribution is -2.40. The first-order valence-corrected chi connectivity index (χ1v) is 8.21. The van der Waals surface area contributed by atoms with Crippen molar-refractivity contribution in [1.29, 1.82) is 0 Å². The molecule has 0 bridgehead atoms. The normalized spacial score (nSPS) is 12.2. The van der Waals surface area contributed by atoms with E-state index < -0.39 is 0 Å². The molecule has 1 atom stereocenters. The minimum Gasteiger partial charge on any atom is -0.377 e. The van der Waals surface area contributed by atoms with E-state index in [1.54, 1.807) is 0 Å². The smallest absolute Gasteiger partial charge is 0.315 e. The molecule has 0 fully saturated rings. The Kier molecular flexibility index (Phi) is 8.60. The second-order valence-electron chi connectivity index (χ2n) is 6.11. The molecule has 0 spiro atoms. The lowest BCUT2D eigenvalue weighted by Gasteiger charge is -2.16. The Morgan fingerprint density at radius 1 is 1.14 bits per heavy atom. The van der Waals surface area contributed by atoms with E-state index >= 15 is 0 Å². The number of rotatable bonds is 9. The molecule has 22 heavy (non-hydrogen) atoms. The van der Waals surface area contributed by atoms with Crippen molar-refractivity contribution in [1.82, 2.24) is 10.6 Å². The van der Waals surface area contributed by atoms with Crippen LogP contribution in [0.1, 0.15) is 51.7 Å². The van der Waals surface area contributed by atoms with Crippen molar-refractivity contribution in [2.75, 3.05) is 6.61 Å². The van der Waals surface area contributed by atoms with Crippen LogP contribution in [0.3, 0.4) is 0 Å². The summed E-state index contributed by atoms with van der Waals surface area (Å²) in [5, 5.41) is 5.92. The van der Waals surface area contributed by atoms with E-state index in [0.29, 0.717) is 25.7 Å². The van der Waals surface area contributed by atoms with Gasteiger partial charge in [-0.15, -0.1) is 0 Å². The Labute approximate surface area is 134 Å². The van der Waals surface area contributed by atoms with Crippen LogP contribution in [0, 0.1) is 5.92 Å². The van der Waals surface area contributed by atoms with Crippen LogP contribution in [0.4, 0.5) is 4.79 Å². The lowest BCUT2D eigenvalue weighted by molar-refractivity contribution is 0.133. The summed E-state index contributed by atoms with van der Waals surface area (Å²) in [6.45, 7) is 10.2. The average molecular weight is 306 g/mol. The fraction of sp³-hybridized carbons (Fsp3) is 0.611. The quantitative estimate of drug-likeness (QED) is 0.728. The van der Waals surface area contributed by atoms with Crippen LogP contribution in [0.15, 0.2) is 24.3 Å². The first kappa shape index (κ1) is 18.5. The summed E-state index contributed by atoms with van der Waals surface area (Å²) >= 11 is 0. The van der Waals surface area contributed by atoms with E-state index in [1.807, 2.05) is 38.1 Å². The van der Waals surface area contributed by atoms with E-state index in [0.717, 1.165) is 24.0 Å². The van der Waals surface area contributed by atoms with Crippen molar-refractivity contribution in [3.8, 4) is 0 Å². The van der Waals surface area contributed by atoms with E-state index in [-0.39, 0.29) is 12.1 Å². The van der Waals surface area contributed by atoms with Gasteiger partial charge in [0.15, 0.2) is 0 Å². The van der Waals surface area contributed by atoms with E-state index in [1.165, 1.54) is 0 Å². The van der Waals surface area contributed by atoms with Crippen LogP contribution in [0.5, 0.6) is 0 Å². The molecule has 1 unspecified atom stereocenters. The van der Waals surface area contributed by atoms with Crippen LogP contribution in [0.2, 0.25) is 0 Å². The summed E-state index contributed by atoms with van der Waals surface area (Å²) < 4.78 is 5.46. The number of carbonyl (C=O) groups is 1. The zero-order chi connectivity index (χ0) is 16.4. The molecule has 1 aromatic carbocycles. The van der Waals surface area contributed by atoms with Crippen molar-refractivity contribution in [3.63, 3.8) is 0 Å². The predicted molar refractivity (Wildman–Crippen MR) is 90.7 cm³/mol. The molecule has 124 valence electrons. The molecule has 0 saturated carbocycles. The first-order chi connectivity index (χ1) is 10.5. The van der Waals surface area contributed by atoms with Gasteiger partial charge >= 0.3 is 6.03 Å². The Bertz CT molecular complexity index is 446. The van der Waals surface area contributed by atoms with Crippen molar-refractivity contribution in [2.45, 2.75) is 59.7 Å². The average Bonchev–Trinajstić information content (AvgIpc) is 2.49. The molecule has 4 nitrogen and oxygen atoms in total. The number of hydrogen-bond acceptors (Lipinski definition) is 2. The maximum absolute atomic E-state index is 11.9. The Hall–Kier alpha value is -1.55. The number of nitrogens with one attached hydrogen (secondary N) is 2. The van der Waals surface area contributed by atoms with Gasteiger partial charge in [-0.3, -0.25) is 0 Å². The fourth-order valence-corrected chi connectivity index (χ4v) is 2.19. The zero-order valence-corrected chi connectivity index (χ0v) is 14.3. The number of urea groups is 1. The largest absolute Gasteiger partial charge is 0.377 e. The summed E-state index contributed by atoms with van der Waals surface area (Å²) in [7, 11) is 0. The number of amides is 2. The molecule has 2 N–H and O–H groups in total. The SMILES string of the molecule is CCOCc1ccccc1CNC(=O)NC(C)CCC(C)C. The maximum atomic E-state index is 11.9. The zero-order valence-electron chi connectivity index (χ0n) is 14.3. The topological polar surface area (TPSA) is 50.4 Å². The number of hydrogen-bond donors (Lipinski definition) is 2. The molecule has 0 saturated heterocycles. The molecule has 0 aliphatic rings. The van der Waals surface area contributed by atoms with Gasteiger partial charge < -0.3 is 15.4 Å². The van der Waals surface area contributed by atoms with Crippen LogP contribution in [-0.2, 0) is 17.9 Å². The molecule has 0 aliphatic heterocycles. The molecular formula is C18H30N2O2. The van der Waals surface area contributed by atoms with Crippen LogP contribution in [0.25, 0.3) is 0 Å². The van der Waals surface area contributed by atoms with Gasteiger partial charge in [-0.25, -0.2) is 4.79 Å². The first-order valence-electron chi connectivity index (χ1n) is 8.21. The van der Waals surface area contributed by atoms with Crippen LogP contribution >= 0.6 is 0 Å². The van der Waals surface area contributed by atoms with Gasteiger partial charge in [0.05, 0.1) is 6.61 Å². The Morgan fingerprint density at radius 2 is 1.82 bits per heavy atom. The maximum Gasteiger partial charge on any atom is 0.315 e. The number of carbonyl (C=O) groups excluding carboxylic acids is 1. The molecular weight excluding hydrogens is 276 g/mol. The summed E-state index contributed by atoms with van der Waals surface area (Å²) in [5.74, 6) is 0.665. The molecule has 1 aromatic rings. The van der Waals surface area contributed by atoms with Gasteiger partial charge in [-0.2, -0.15) is 0 Å². The van der Waals surface area contributed by atoms with Crippen molar-refractivity contribution >= 4 is 6.03 Å². The Balaban J connectivity index is 2.40. The second kappa shape index (κ2) is 10.2. The lowest BCUT2D eigenvalue weighted by atomic mass is 10.0. The summed E-state index contributed by atoms with van der Waals surface area (Å²) in [4.78, 5) is 11.9. The number of benzene rings is 1. The highest BCUT2D eigenvalue weighted by Crippen LogP contribution is 2.10. The standard InChI is InChI=1S/C18H30N2O2/c1-5-22-13-17-9-7-6-8-16(17)12-19-18(21)20-15(4)11-10-14(2)3/h6-9,14-15H,5,10-13H2,1-4H3,(H2,19,20,21). The molecule has 1 rings (SSSR count). The second-order valence-corrected chi connectivity index (χ2v) is 6.11. The van der Waals surface area contributed by atoms with Gasteiger partial charge in [0, 0.05) is 19.2 Å². The fourth-order valence-electron chi connectivity index (χ4n) is 2.19. The third-order valence-corrected chi connectivity index (χ3v) is 3.57. The molecule has 0 aromatic heterocycles. The van der Waals surface area contributed by atoms with Gasteiger partial charge in [0.25, 0.3) is 0 Å².